The molecule has 0 aliphatic carbocycles. The van der Waals surface area contributed by atoms with Gasteiger partial charge in [0.25, 0.3) is 0 Å². The molecule has 76 valence electrons. The molecule has 0 amide bonds. The Bertz CT molecular complexity index is 200. The molecular formula is C9H16O4. The molecule has 1 heterocycles. The van der Waals surface area contributed by atoms with Gasteiger partial charge in [-0.05, 0) is 20.8 Å². The predicted molar refractivity (Wildman–Crippen MR) is 46.8 cm³/mol. The smallest absolute Gasteiger partial charge is 0.228 e. The Morgan fingerprint density at radius 2 is 2.15 bits per heavy atom. The fourth-order valence-electron chi connectivity index (χ4n) is 1.23. The molecule has 4 nitrogen and oxygen atoms in total. The standard InChI is InChI=1S/C9H16O4/c1-6(5-10)11-8-7(2)12-9(3,4)13-8/h7-8,10H,1,5H2,2-4H3/t7?,8-/m1/s1. The first-order valence-corrected chi connectivity index (χ1v) is 4.25. The number of rotatable bonds is 3. The van der Waals surface area contributed by atoms with E-state index in [1.807, 2.05) is 20.8 Å². The molecule has 0 radical (unpaired) electrons. The molecule has 1 aliphatic heterocycles. The van der Waals surface area contributed by atoms with Crippen LogP contribution in [0.15, 0.2) is 12.3 Å². The van der Waals surface area contributed by atoms with Gasteiger partial charge in [-0.25, -0.2) is 0 Å². The van der Waals surface area contributed by atoms with Gasteiger partial charge in [-0.3, -0.25) is 0 Å². The van der Waals surface area contributed by atoms with Gasteiger partial charge in [-0.1, -0.05) is 6.58 Å². The second kappa shape index (κ2) is 3.65. The maximum atomic E-state index is 8.69. The van der Waals surface area contributed by atoms with E-state index in [1.54, 1.807) is 0 Å². The Morgan fingerprint density at radius 3 is 2.54 bits per heavy atom. The van der Waals surface area contributed by atoms with E-state index in [9.17, 15) is 0 Å². The highest BCUT2D eigenvalue weighted by Crippen LogP contribution is 2.29. The van der Waals surface area contributed by atoms with E-state index in [0.717, 1.165) is 0 Å². The summed E-state index contributed by atoms with van der Waals surface area (Å²) >= 11 is 0. The molecule has 1 saturated heterocycles. The molecule has 1 aliphatic rings. The summed E-state index contributed by atoms with van der Waals surface area (Å²) in [4.78, 5) is 0. The van der Waals surface area contributed by atoms with Gasteiger partial charge >= 0.3 is 0 Å². The lowest BCUT2D eigenvalue weighted by Crippen LogP contribution is -2.24. The van der Waals surface area contributed by atoms with E-state index in [4.69, 9.17) is 19.3 Å². The van der Waals surface area contributed by atoms with Gasteiger partial charge in [0.2, 0.25) is 6.29 Å². The quantitative estimate of drug-likeness (QED) is 0.671. The summed E-state index contributed by atoms with van der Waals surface area (Å²) in [6.07, 6.45) is -0.632. The monoisotopic (exact) mass is 188 g/mol. The third kappa shape index (κ3) is 2.69. The highest BCUT2D eigenvalue weighted by atomic mass is 16.8. The Labute approximate surface area is 78.1 Å². The highest BCUT2D eigenvalue weighted by Gasteiger charge is 2.40. The van der Waals surface area contributed by atoms with Crippen LogP contribution in [0, 0.1) is 0 Å². The Morgan fingerprint density at radius 1 is 1.54 bits per heavy atom. The molecule has 0 aromatic carbocycles. The summed E-state index contributed by atoms with van der Waals surface area (Å²) in [5.41, 5.74) is 0. The van der Waals surface area contributed by atoms with Crippen molar-refractivity contribution in [2.45, 2.75) is 39.0 Å². The summed E-state index contributed by atoms with van der Waals surface area (Å²) in [5, 5.41) is 8.69. The normalized spacial score (nSPS) is 31.7. The van der Waals surface area contributed by atoms with Crippen LogP contribution in [0.5, 0.6) is 0 Å². The fourth-order valence-corrected chi connectivity index (χ4v) is 1.23. The van der Waals surface area contributed by atoms with Gasteiger partial charge in [0.1, 0.15) is 11.9 Å². The summed E-state index contributed by atoms with van der Waals surface area (Å²) in [6, 6.07) is 0. The van der Waals surface area contributed by atoms with Gasteiger partial charge in [-0.15, -0.1) is 0 Å². The first-order chi connectivity index (χ1) is 5.94. The summed E-state index contributed by atoms with van der Waals surface area (Å²) in [5.74, 6) is -0.335. The minimum atomic E-state index is -0.625. The first kappa shape index (κ1) is 10.5. The molecule has 4 heteroatoms. The SMILES string of the molecule is C=C(CO)O[C@@H]1OC(C)(C)OC1C. The minimum Gasteiger partial charge on any atom is -0.465 e. The van der Waals surface area contributed by atoms with Crippen molar-refractivity contribution < 1.29 is 19.3 Å². The molecule has 0 bridgehead atoms. The van der Waals surface area contributed by atoms with Gasteiger partial charge in [-0.2, -0.15) is 0 Å². The van der Waals surface area contributed by atoms with Crippen LogP contribution in [0.3, 0.4) is 0 Å². The summed E-state index contributed by atoms with van der Waals surface area (Å²) < 4.78 is 16.1. The van der Waals surface area contributed by atoms with Crippen LogP contribution in [-0.2, 0) is 14.2 Å². The Kier molecular flexibility index (Phi) is 2.95. The average Bonchev–Trinajstić information content (AvgIpc) is 2.24. The molecule has 1 unspecified atom stereocenters. The van der Waals surface area contributed by atoms with Crippen LogP contribution in [0.2, 0.25) is 0 Å². The Balaban J connectivity index is 2.48. The second-order valence-electron chi connectivity index (χ2n) is 3.52. The number of aliphatic hydroxyl groups is 1. The third-order valence-electron chi connectivity index (χ3n) is 1.71. The lowest BCUT2D eigenvalue weighted by molar-refractivity contribution is -0.181. The fraction of sp³-hybridized carbons (Fsp3) is 0.778. The van der Waals surface area contributed by atoms with Gasteiger partial charge in [0.15, 0.2) is 5.79 Å². The van der Waals surface area contributed by atoms with E-state index in [0.29, 0.717) is 0 Å². The lowest BCUT2D eigenvalue weighted by Gasteiger charge is -2.17. The van der Waals surface area contributed by atoms with Crippen LogP contribution in [0.4, 0.5) is 0 Å². The number of ether oxygens (including phenoxy) is 3. The van der Waals surface area contributed by atoms with Crippen molar-refractivity contribution >= 4 is 0 Å². The molecule has 13 heavy (non-hydrogen) atoms. The second-order valence-corrected chi connectivity index (χ2v) is 3.52. The molecule has 1 fully saturated rings. The number of aliphatic hydroxyl groups excluding tert-OH is 1. The van der Waals surface area contributed by atoms with Crippen LogP contribution in [0.25, 0.3) is 0 Å². The van der Waals surface area contributed by atoms with Crippen molar-refractivity contribution in [3.63, 3.8) is 0 Å². The van der Waals surface area contributed by atoms with Gasteiger partial charge < -0.3 is 19.3 Å². The molecule has 0 spiro atoms. The van der Waals surface area contributed by atoms with Gasteiger partial charge in [0, 0.05) is 0 Å². The third-order valence-corrected chi connectivity index (χ3v) is 1.71. The van der Waals surface area contributed by atoms with Crippen LogP contribution >= 0.6 is 0 Å². The average molecular weight is 188 g/mol. The van der Waals surface area contributed by atoms with Crippen molar-refractivity contribution in [1.82, 2.24) is 0 Å². The van der Waals surface area contributed by atoms with Crippen molar-refractivity contribution in [2.75, 3.05) is 6.61 Å². The van der Waals surface area contributed by atoms with Crippen LogP contribution in [-0.4, -0.2) is 29.9 Å². The van der Waals surface area contributed by atoms with E-state index in [1.165, 1.54) is 0 Å². The largest absolute Gasteiger partial charge is 0.465 e. The van der Waals surface area contributed by atoms with Crippen molar-refractivity contribution in [3.8, 4) is 0 Å². The van der Waals surface area contributed by atoms with E-state index in [2.05, 4.69) is 6.58 Å². The van der Waals surface area contributed by atoms with E-state index < -0.39 is 12.1 Å². The zero-order chi connectivity index (χ0) is 10.1. The van der Waals surface area contributed by atoms with Crippen molar-refractivity contribution in [1.29, 1.82) is 0 Å². The molecule has 0 aromatic heterocycles. The maximum Gasteiger partial charge on any atom is 0.228 e. The Hall–Kier alpha value is -0.580. The number of hydrogen-bond acceptors (Lipinski definition) is 4. The molecular weight excluding hydrogens is 172 g/mol. The minimum absolute atomic E-state index is 0.154. The summed E-state index contributed by atoms with van der Waals surface area (Å²) in [6.45, 7) is 8.79. The summed E-state index contributed by atoms with van der Waals surface area (Å²) in [7, 11) is 0. The maximum absolute atomic E-state index is 8.69. The zero-order valence-electron chi connectivity index (χ0n) is 8.24. The molecule has 0 saturated carbocycles. The van der Waals surface area contributed by atoms with E-state index in [-0.39, 0.29) is 18.5 Å². The molecule has 1 rings (SSSR count). The van der Waals surface area contributed by atoms with Crippen molar-refractivity contribution in [2.24, 2.45) is 0 Å². The predicted octanol–water partition coefficient (Wildman–Crippen LogP) is 1.01. The zero-order valence-corrected chi connectivity index (χ0v) is 8.24. The highest BCUT2D eigenvalue weighted by molar-refractivity contribution is 4.84. The lowest BCUT2D eigenvalue weighted by atomic mass is 10.4. The first-order valence-electron chi connectivity index (χ1n) is 4.25. The topological polar surface area (TPSA) is 47.9 Å². The van der Waals surface area contributed by atoms with Gasteiger partial charge in [0.05, 0.1) is 6.61 Å². The van der Waals surface area contributed by atoms with Crippen LogP contribution in [0.1, 0.15) is 20.8 Å². The van der Waals surface area contributed by atoms with Crippen LogP contribution < -0.4 is 0 Å². The molecule has 1 N–H and O–H groups in total. The van der Waals surface area contributed by atoms with E-state index >= 15 is 0 Å². The van der Waals surface area contributed by atoms with Crippen molar-refractivity contribution in [3.05, 3.63) is 12.3 Å². The molecule has 2 atom stereocenters. The molecule has 0 aromatic rings. The number of hydrogen-bond donors (Lipinski definition) is 1.